The van der Waals surface area contributed by atoms with Crippen LogP contribution in [0.2, 0.25) is 0 Å². The van der Waals surface area contributed by atoms with E-state index in [2.05, 4.69) is 11.1 Å². The predicted octanol–water partition coefficient (Wildman–Crippen LogP) is 1.33. The molecule has 1 aliphatic rings. The zero-order valence-electron chi connectivity index (χ0n) is 12.3. The molecular formula is C16H16N4O2. The van der Waals surface area contributed by atoms with E-state index in [1.54, 1.807) is 36.7 Å². The van der Waals surface area contributed by atoms with Gasteiger partial charge in [-0.25, -0.2) is 4.98 Å². The number of benzene rings is 1. The van der Waals surface area contributed by atoms with E-state index in [0.717, 1.165) is 11.3 Å². The highest BCUT2D eigenvalue weighted by Crippen LogP contribution is 2.28. The molecule has 2 aromatic rings. The van der Waals surface area contributed by atoms with Gasteiger partial charge in [-0.3, -0.25) is 4.79 Å². The van der Waals surface area contributed by atoms with Crippen LogP contribution >= 0.6 is 0 Å². The average Bonchev–Trinajstić information content (AvgIpc) is 3.01. The number of hydrogen-bond donors (Lipinski definition) is 0. The maximum atomic E-state index is 12.8. The van der Waals surface area contributed by atoms with Crippen molar-refractivity contribution in [3.05, 3.63) is 53.6 Å². The topological polar surface area (TPSA) is 71.2 Å². The van der Waals surface area contributed by atoms with Crippen molar-refractivity contribution in [2.24, 2.45) is 0 Å². The third-order valence-electron chi connectivity index (χ3n) is 3.84. The Kier molecular flexibility index (Phi) is 3.90. The summed E-state index contributed by atoms with van der Waals surface area (Å²) in [6, 6.07) is 8.76. The second-order valence-electron chi connectivity index (χ2n) is 5.18. The summed E-state index contributed by atoms with van der Waals surface area (Å²) in [4.78, 5) is 18.7. The summed E-state index contributed by atoms with van der Waals surface area (Å²) in [5.41, 5.74) is 2.42. The molecule has 0 spiro atoms. The first-order valence-electron chi connectivity index (χ1n) is 7.03. The number of amides is 1. The molecule has 0 aliphatic carbocycles. The largest absolute Gasteiger partial charge is 0.383 e. The van der Waals surface area contributed by atoms with Gasteiger partial charge in [0.25, 0.3) is 5.91 Å². The fourth-order valence-corrected chi connectivity index (χ4v) is 2.69. The van der Waals surface area contributed by atoms with Crippen LogP contribution in [0, 0.1) is 11.3 Å². The van der Waals surface area contributed by atoms with Gasteiger partial charge in [0.1, 0.15) is 6.04 Å². The lowest BCUT2D eigenvalue weighted by Crippen LogP contribution is -2.44. The molecule has 0 saturated heterocycles. The van der Waals surface area contributed by atoms with Gasteiger partial charge < -0.3 is 14.2 Å². The zero-order chi connectivity index (χ0) is 15.5. The lowest BCUT2D eigenvalue weighted by Gasteiger charge is -2.34. The number of ether oxygens (including phenoxy) is 1. The number of nitrogens with zero attached hydrogens (tertiary/aromatic N) is 4. The first kappa shape index (κ1) is 14.3. The number of carbonyl (C=O) groups is 1. The minimum Gasteiger partial charge on any atom is -0.383 e. The SMILES string of the molecule is COCCN1Cc2cncn2C(c2ccc(C#N)cc2)C1=O. The second kappa shape index (κ2) is 6.00. The van der Waals surface area contributed by atoms with Gasteiger partial charge in [-0.1, -0.05) is 12.1 Å². The highest BCUT2D eigenvalue weighted by atomic mass is 16.5. The average molecular weight is 296 g/mol. The minimum absolute atomic E-state index is 0.0206. The van der Waals surface area contributed by atoms with Crippen molar-refractivity contribution in [2.75, 3.05) is 20.3 Å². The summed E-state index contributed by atoms with van der Waals surface area (Å²) in [5, 5.41) is 8.90. The van der Waals surface area contributed by atoms with Crippen LogP contribution in [0.25, 0.3) is 0 Å². The molecule has 0 fully saturated rings. The number of imidazole rings is 1. The number of fused-ring (bicyclic) bond motifs is 1. The molecule has 1 aliphatic heterocycles. The molecule has 1 aromatic heterocycles. The van der Waals surface area contributed by atoms with Crippen molar-refractivity contribution in [3.8, 4) is 6.07 Å². The van der Waals surface area contributed by atoms with E-state index < -0.39 is 6.04 Å². The van der Waals surface area contributed by atoms with Gasteiger partial charge in [0, 0.05) is 19.9 Å². The smallest absolute Gasteiger partial charge is 0.250 e. The first-order valence-corrected chi connectivity index (χ1v) is 7.03. The lowest BCUT2D eigenvalue weighted by atomic mass is 10.0. The summed E-state index contributed by atoms with van der Waals surface area (Å²) in [5.74, 6) is 0.0206. The van der Waals surface area contributed by atoms with Crippen LogP contribution in [-0.2, 0) is 16.1 Å². The van der Waals surface area contributed by atoms with Crippen molar-refractivity contribution >= 4 is 5.91 Å². The number of methoxy groups -OCH3 is 1. The Labute approximate surface area is 128 Å². The molecule has 0 radical (unpaired) electrons. The summed E-state index contributed by atoms with van der Waals surface area (Å²) < 4.78 is 6.98. The van der Waals surface area contributed by atoms with E-state index >= 15 is 0 Å². The van der Waals surface area contributed by atoms with Crippen molar-refractivity contribution in [1.82, 2.24) is 14.5 Å². The summed E-state index contributed by atoms with van der Waals surface area (Å²) >= 11 is 0. The Hall–Kier alpha value is -2.65. The monoisotopic (exact) mass is 296 g/mol. The Morgan fingerprint density at radius 2 is 2.18 bits per heavy atom. The molecule has 1 atom stereocenters. The maximum absolute atomic E-state index is 12.8. The lowest BCUT2D eigenvalue weighted by molar-refractivity contribution is -0.136. The molecule has 112 valence electrons. The van der Waals surface area contributed by atoms with E-state index in [1.165, 1.54) is 0 Å². The van der Waals surface area contributed by atoms with E-state index in [9.17, 15) is 4.79 Å². The number of aromatic nitrogens is 2. The van der Waals surface area contributed by atoms with Gasteiger partial charge in [-0.2, -0.15) is 5.26 Å². The fourth-order valence-electron chi connectivity index (χ4n) is 2.69. The highest BCUT2D eigenvalue weighted by molar-refractivity contribution is 5.84. The van der Waals surface area contributed by atoms with Gasteiger partial charge in [-0.05, 0) is 17.7 Å². The normalized spacial score (nSPS) is 17.2. The molecule has 3 rings (SSSR count). The Morgan fingerprint density at radius 1 is 1.41 bits per heavy atom. The second-order valence-corrected chi connectivity index (χ2v) is 5.18. The van der Waals surface area contributed by atoms with Crippen molar-refractivity contribution in [3.63, 3.8) is 0 Å². The van der Waals surface area contributed by atoms with Crippen molar-refractivity contribution in [2.45, 2.75) is 12.6 Å². The van der Waals surface area contributed by atoms with Crippen molar-refractivity contribution < 1.29 is 9.53 Å². The fraction of sp³-hybridized carbons (Fsp3) is 0.312. The maximum Gasteiger partial charge on any atom is 0.250 e. The molecule has 1 amide bonds. The molecule has 0 saturated carbocycles. The molecule has 2 heterocycles. The molecule has 0 N–H and O–H groups in total. The molecule has 1 aromatic carbocycles. The summed E-state index contributed by atoms with van der Waals surface area (Å²) in [6.07, 6.45) is 3.46. The minimum atomic E-state index is -0.434. The van der Waals surface area contributed by atoms with Crippen LogP contribution in [0.5, 0.6) is 0 Å². The number of carbonyl (C=O) groups excluding carboxylic acids is 1. The van der Waals surface area contributed by atoms with Crippen LogP contribution in [-0.4, -0.2) is 40.6 Å². The van der Waals surface area contributed by atoms with Gasteiger partial charge in [0.15, 0.2) is 0 Å². The van der Waals surface area contributed by atoms with E-state index in [1.807, 2.05) is 16.7 Å². The Bertz CT molecular complexity index is 714. The number of nitriles is 1. The van der Waals surface area contributed by atoms with E-state index in [0.29, 0.717) is 25.3 Å². The van der Waals surface area contributed by atoms with Crippen LogP contribution in [0.3, 0.4) is 0 Å². The summed E-state index contributed by atoms with van der Waals surface area (Å²) in [7, 11) is 1.62. The quantitative estimate of drug-likeness (QED) is 0.853. The predicted molar refractivity (Wildman–Crippen MR) is 78.8 cm³/mol. The molecule has 6 nitrogen and oxygen atoms in total. The van der Waals surface area contributed by atoms with Crippen LogP contribution in [0.15, 0.2) is 36.8 Å². The highest BCUT2D eigenvalue weighted by Gasteiger charge is 2.33. The van der Waals surface area contributed by atoms with E-state index in [-0.39, 0.29) is 5.91 Å². The molecule has 0 bridgehead atoms. The van der Waals surface area contributed by atoms with Gasteiger partial charge in [0.2, 0.25) is 0 Å². The van der Waals surface area contributed by atoms with Crippen LogP contribution in [0.1, 0.15) is 22.9 Å². The van der Waals surface area contributed by atoms with Gasteiger partial charge in [0.05, 0.1) is 36.8 Å². The third-order valence-corrected chi connectivity index (χ3v) is 3.84. The standard InChI is InChI=1S/C16H16N4O2/c1-22-7-6-19-10-14-9-18-11-20(14)15(16(19)21)13-4-2-12(8-17)3-5-13/h2-5,9,11,15H,6-7,10H2,1H3. The summed E-state index contributed by atoms with van der Waals surface area (Å²) in [6.45, 7) is 1.59. The van der Waals surface area contributed by atoms with Gasteiger partial charge >= 0.3 is 0 Å². The first-order chi connectivity index (χ1) is 10.7. The number of rotatable bonds is 4. The molecular weight excluding hydrogens is 280 g/mol. The van der Waals surface area contributed by atoms with Crippen LogP contribution in [0.4, 0.5) is 0 Å². The number of hydrogen-bond acceptors (Lipinski definition) is 4. The molecule has 6 heteroatoms. The molecule has 1 unspecified atom stereocenters. The van der Waals surface area contributed by atoms with E-state index in [4.69, 9.17) is 10.00 Å². The molecule has 22 heavy (non-hydrogen) atoms. The van der Waals surface area contributed by atoms with Gasteiger partial charge in [-0.15, -0.1) is 0 Å². The van der Waals surface area contributed by atoms with Crippen LogP contribution < -0.4 is 0 Å². The Balaban J connectivity index is 1.97. The van der Waals surface area contributed by atoms with Crippen molar-refractivity contribution in [1.29, 1.82) is 5.26 Å². The third kappa shape index (κ3) is 2.47. The zero-order valence-corrected chi connectivity index (χ0v) is 12.3. The Morgan fingerprint density at radius 3 is 2.86 bits per heavy atom.